The maximum absolute atomic E-state index is 12.3. The van der Waals surface area contributed by atoms with Gasteiger partial charge in [-0.25, -0.2) is 4.98 Å². The molecule has 0 unspecified atom stereocenters. The molecule has 2 aromatic rings. The Hall–Kier alpha value is -3.02. The van der Waals surface area contributed by atoms with Crippen LogP contribution < -0.4 is 19.7 Å². The molecule has 0 atom stereocenters. The van der Waals surface area contributed by atoms with E-state index in [2.05, 4.69) is 24.1 Å². The fourth-order valence-electron chi connectivity index (χ4n) is 2.36. The average Bonchev–Trinajstić information content (AvgIpc) is 2.65. The molecule has 0 aliphatic rings. The largest absolute Gasteiger partial charge is 0.493 e. The maximum atomic E-state index is 12.3. The molecule has 0 aliphatic carbocycles. The van der Waals surface area contributed by atoms with Gasteiger partial charge in [0.2, 0.25) is 5.91 Å². The van der Waals surface area contributed by atoms with Crippen LogP contribution in [0.1, 0.15) is 19.4 Å². The molecule has 2 rings (SSSR count). The fourth-order valence-corrected chi connectivity index (χ4v) is 2.36. The van der Waals surface area contributed by atoms with Gasteiger partial charge in [-0.3, -0.25) is 4.79 Å². The molecule has 6 nitrogen and oxygen atoms in total. The summed E-state index contributed by atoms with van der Waals surface area (Å²) in [6.45, 7) is 4.80. The van der Waals surface area contributed by atoms with Crippen molar-refractivity contribution in [1.82, 2.24) is 4.98 Å². The van der Waals surface area contributed by atoms with Crippen LogP contribution in [0.4, 0.5) is 11.5 Å². The minimum atomic E-state index is -0.231. The Morgan fingerprint density at radius 2 is 2.04 bits per heavy atom. The third kappa shape index (κ3) is 6.02. The van der Waals surface area contributed by atoms with E-state index in [9.17, 15) is 4.79 Å². The van der Waals surface area contributed by atoms with Crippen molar-refractivity contribution in [3.63, 3.8) is 0 Å². The van der Waals surface area contributed by atoms with Crippen molar-refractivity contribution in [1.29, 1.82) is 0 Å². The van der Waals surface area contributed by atoms with Gasteiger partial charge < -0.3 is 19.7 Å². The van der Waals surface area contributed by atoms with E-state index in [1.807, 2.05) is 43.3 Å². The van der Waals surface area contributed by atoms with E-state index in [0.29, 0.717) is 35.5 Å². The number of methoxy groups -OCH3 is 1. The molecule has 0 fully saturated rings. The zero-order chi connectivity index (χ0) is 19.8. The van der Waals surface area contributed by atoms with Crippen LogP contribution in [0.25, 0.3) is 6.08 Å². The van der Waals surface area contributed by atoms with Crippen LogP contribution in [0.2, 0.25) is 0 Å². The Morgan fingerprint density at radius 1 is 1.26 bits per heavy atom. The van der Waals surface area contributed by atoms with Crippen molar-refractivity contribution >= 4 is 23.5 Å². The number of aromatic nitrogens is 1. The SMILES string of the molecule is COc1cc(/C=C/C(=O)Nc2cccnc2N(C)C)ccc1OCC(C)C. The summed E-state index contributed by atoms with van der Waals surface area (Å²) in [6, 6.07) is 9.18. The van der Waals surface area contributed by atoms with Crippen LogP contribution in [-0.2, 0) is 4.79 Å². The number of carbonyl (C=O) groups is 1. The summed E-state index contributed by atoms with van der Waals surface area (Å²) in [5.74, 6) is 2.23. The number of rotatable bonds is 8. The molecule has 144 valence electrons. The predicted octanol–water partition coefficient (Wildman–Crippen LogP) is 3.84. The lowest BCUT2D eigenvalue weighted by Gasteiger charge is -2.15. The Balaban J connectivity index is 2.08. The van der Waals surface area contributed by atoms with Gasteiger partial charge in [-0.15, -0.1) is 0 Å². The van der Waals surface area contributed by atoms with Gasteiger partial charge in [-0.05, 0) is 41.8 Å². The molecule has 1 amide bonds. The molecule has 0 bridgehead atoms. The molecule has 1 N–H and O–H groups in total. The maximum Gasteiger partial charge on any atom is 0.248 e. The Bertz CT molecular complexity index is 801. The summed E-state index contributed by atoms with van der Waals surface area (Å²) >= 11 is 0. The van der Waals surface area contributed by atoms with Crippen molar-refractivity contribution in [3.8, 4) is 11.5 Å². The van der Waals surface area contributed by atoms with Crippen molar-refractivity contribution in [3.05, 3.63) is 48.2 Å². The third-order valence-electron chi connectivity index (χ3n) is 3.66. The smallest absolute Gasteiger partial charge is 0.248 e. The third-order valence-corrected chi connectivity index (χ3v) is 3.66. The Morgan fingerprint density at radius 3 is 2.70 bits per heavy atom. The van der Waals surface area contributed by atoms with Crippen LogP contribution in [0.5, 0.6) is 11.5 Å². The summed E-state index contributed by atoms with van der Waals surface area (Å²) in [5, 5.41) is 2.85. The van der Waals surface area contributed by atoms with Gasteiger partial charge in [0.25, 0.3) is 0 Å². The lowest BCUT2D eigenvalue weighted by Crippen LogP contribution is -2.16. The minimum Gasteiger partial charge on any atom is -0.493 e. The number of hydrogen-bond acceptors (Lipinski definition) is 5. The topological polar surface area (TPSA) is 63.7 Å². The number of pyridine rings is 1. The normalized spacial score (nSPS) is 10.9. The van der Waals surface area contributed by atoms with Crippen LogP contribution in [0.3, 0.4) is 0 Å². The first-order valence-electron chi connectivity index (χ1n) is 8.83. The van der Waals surface area contributed by atoms with E-state index < -0.39 is 0 Å². The number of anilines is 2. The zero-order valence-electron chi connectivity index (χ0n) is 16.5. The van der Waals surface area contributed by atoms with Crippen molar-refractivity contribution in [2.45, 2.75) is 13.8 Å². The van der Waals surface area contributed by atoms with E-state index in [1.54, 1.807) is 25.4 Å². The molecule has 0 saturated heterocycles. The molecular weight excluding hydrogens is 342 g/mol. The van der Waals surface area contributed by atoms with Crippen LogP contribution in [-0.4, -0.2) is 38.7 Å². The number of amides is 1. The molecular formula is C21H27N3O3. The van der Waals surface area contributed by atoms with Gasteiger partial charge in [0.15, 0.2) is 17.3 Å². The van der Waals surface area contributed by atoms with E-state index in [0.717, 1.165) is 5.56 Å². The highest BCUT2D eigenvalue weighted by atomic mass is 16.5. The monoisotopic (exact) mass is 369 g/mol. The highest BCUT2D eigenvalue weighted by molar-refractivity contribution is 6.03. The van der Waals surface area contributed by atoms with Gasteiger partial charge >= 0.3 is 0 Å². The molecule has 6 heteroatoms. The van der Waals surface area contributed by atoms with Crippen LogP contribution in [0, 0.1) is 5.92 Å². The van der Waals surface area contributed by atoms with E-state index in [-0.39, 0.29) is 5.91 Å². The Labute approximate surface area is 160 Å². The highest BCUT2D eigenvalue weighted by Crippen LogP contribution is 2.29. The highest BCUT2D eigenvalue weighted by Gasteiger charge is 2.08. The lowest BCUT2D eigenvalue weighted by atomic mass is 10.2. The summed E-state index contributed by atoms with van der Waals surface area (Å²) in [5.41, 5.74) is 1.50. The standard InChI is InChI=1S/C21H27N3O3/c1-15(2)14-27-18-10-8-16(13-19(18)26-5)9-11-20(25)23-17-7-6-12-22-21(17)24(3)4/h6-13,15H,14H2,1-5H3,(H,23,25)/b11-9+. The lowest BCUT2D eigenvalue weighted by molar-refractivity contribution is -0.111. The number of carbonyl (C=O) groups excluding carboxylic acids is 1. The van der Waals surface area contributed by atoms with Gasteiger partial charge in [-0.2, -0.15) is 0 Å². The summed E-state index contributed by atoms with van der Waals surface area (Å²) in [6.07, 6.45) is 4.90. The first-order chi connectivity index (χ1) is 12.9. The van der Waals surface area contributed by atoms with Gasteiger partial charge in [0.1, 0.15) is 0 Å². The van der Waals surface area contributed by atoms with Crippen molar-refractivity contribution in [2.75, 3.05) is 38.0 Å². The van der Waals surface area contributed by atoms with Crippen LogP contribution in [0.15, 0.2) is 42.6 Å². The minimum absolute atomic E-state index is 0.231. The first-order valence-corrected chi connectivity index (χ1v) is 8.83. The van der Waals surface area contributed by atoms with E-state index in [4.69, 9.17) is 9.47 Å². The molecule has 0 aliphatic heterocycles. The molecule has 1 aromatic heterocycles. The number of benzene rings is 1. The zero-order valence-corrected chi connectivity index (χ0v) is 16.5. The van der Waals surface area contributed by atoms with E-state index in [1.165, 1.54) is 6.08 Å². The van der Waals surface area contributed by atoms with Gasteiger partial charge in [0.05, 0.1) is 19.4 Å². The van der Waals surface area contributed by atoms with E-state index >= 15 is 0 Å². The second-order valence-electron chi connectivity index (χ2n) is 6.71. The van der Waals surface area contributed by atoms with Crippen molar-refractivity contribution in [2.24, 2.45) is 5.92 Å². The van der Waals surface area contributed by atoms with Gasteiger partial charge in [0, 0.05) is 26.4 Å². The average molecular weight is 369 g/mol. The first kappa shape index (κ1) is 20.3. The quantitative estimate of drug-likeness (QED) is 0.716. The number of hydrogen-bond donors (Lipinski definition) is 1. The predicted molar refractivity (Wildman–Crippen MR) is 110 cm³/mol. The fraction of sp³-hybridized carbons (Fsp3) is 0.333. The number of ether oxygens (including phenoxy) is 2. The van der Waals surface area contributed by atoms with Crippen LogP contribution >= 0.6 is 0 Å². The molecule has 0 saturated carbocycles. The summed E-state index contributed by atoms with van der Waals surface area (Å²) in [4.78, 5) is 18.4. The van der Waals surface area contributed by atoms with Gasteiger partial charge in [-0.1, -0.05) is 19.9 Å². The number of nitrogens with one attached hydrogen (secondary N) is 1. The summed E-state index contributed by atoms with van der Waals surface area (Å²) in [7, 11) is 5.36. The summed E-state index contributed by atoms with van der Waals surface area (Å²) < 4.78 is 11.1. The second kappa shape index (κ2) is 9.62. The van der Waals surface area contributed by atoms with Crippen molar-refractivity contribution < 1.29 is 14.3 Å². The molecule has 0 radical (unpaired) electrons. The second-order valence-corrected chi connectivity index (χ2v) is 6.71. The molecule has 1 aromatic carbocycles. The molecule has 27 heavy (non-hydrogen) atoms. The molecule has 1 heterocycles. The molecule has 0 spiro atoms. The number of nitrogens with zero attached hydrogens (tertiary/aromatic N) is 2. The Kier molecular flexibility index (Phi) is 7.23.